The van der Waals surface area contributed by atoms with Crippen LogP contribution in [0.1, 0.15) is 32.8 Å². The van der Waals surface area contributed by atoms with Gasteiger partial charge >= 0.3 is 0 Å². The summed E-state index contributed by atoms with van der Waals surface area (Å²) >= 11 is 5.69. The smallest absolute Gasteiger partial charge is 0.146 e. The molecule has 0 fully saturated rings. The van der Waals surface area contributed by atoms with Crippen molar-refractivity contribution in [2.45, 2.75) is 33.1 Å². The van der Waals surface area contributed by atoms with Crippen LogP contribution in [-0.4, -0.2) is 13.1 Å². The van der Waals surface area contributed by atoms with Crippen molar-refractivity contribution in [3.05, 3.63) is 29.6 Å². The summed E-state index contributed by atoms with van der Waals surface area (Å²) in [5.41, 5.74) is 1.51. The Morgan fingerprint density at radius 1 is 1.35 bits per heavy atom. The van der Waals surface area contributed by atoms with Gasteiger partial charge in [0.05, 0.1) is 5.69 Å². The summed E-state index contributed by atoms with van der Waals surface area (Å²) in [6, 6.07) is 5.26. The third-order valence-electron chi connectivity index (χ3n) is 3.12. The van der Waals surface area contributed by atoms with Crippen molar-refractivity contribution in [2.75, 3.05) is 18.0 Å². The number of alkyl halides is 1. The van der Waals surface area contributed by atoms with E-state index in [0.717, 1.165) is 25.1 Å². The van der Waals surface area contributed by atoms with Crippen molar-refractivity contribution in [1.82, 2.24) is 0 Å². The second-order valence-corrected chi connectivity index (χ2v) is 4.74. The predicted molar refractivity (Wildman–Crippen MR) is 73.3 cm³/mol. The highest BCUT2D eigenvalue weighted by molar-refractivity contribution is 6.17. The first-order valence-corrected chi connectivity index (χ1v) is 6.75. The second-order valence-electron chi connectivity index (χ2n) is 4.47. The van der Waals surface area contributed by atoms with Gasteiger partial charge in [-0.25, -0.2) is 4.39 Å². The zero-order valence-corrected chi connectivity index (χ0v) is 11.6. The molecule has 0 saturated carbocycles. The van der Waals surface area contributed by atoms with Crippen molar-refractivity contribution in [3.8, 4) is 0 Å². The molecule has 0 aromatic heterocycles. The van der Waals surface area contributed by atoms with Crippen LogP contribution in [0.2, 0.25) is 0 Å². The molecule has 0 amide bonds. The van der Waals surface area contributed by atoms with E-state index in [0.29, 0.717) is 17.5 Å². The molecule has 1 aromatic carbocycles. The SMILES string of the molecule is CCC(C)CN(CC)c1ccc(CCl)cc1F. The number of hydrogen-bond acceptors (Lipinski definition) is 1. The molecule has 0 aliphatic rings. The minimum absolute atomic E-state index is 0.173. The molecule has 1 aromatic rings. The van der Waals surface area contributed by atoms with E-state index < -0.39 is 0 Å². The van der Waals surface area contributed by atoms with E-state index in [1.165, 1.54) is 6.07 Å². The summed E-state index contributed by atoms with van der Waals surface area (Å²) in [7, 11) is 0. The van der Waals surface area contributed by atoms with Gasteiger partial charge in [0.2, 0.25) is 0 Å². The van der Waals surface area contributed by atoms with E-state index in [1.54, 1.807) is 0 Å². The maximum Gasteiger partial charge on any atom is 0.146 e. The van der Waals surface area contributed by atoms with Crippen LogP contribution in [0.3, 0.4) is 0 Å². The number of nitrogens with zero attached hydrogens (tertiary/aromatic N) is 1. The molecular formula is C14H21ClFN. The lowest BCUT2D eigenvalue weighted by Gasteiger charge is -2.26. The molecule has 96 valence electrons. The average Bonchev–Trinajstić information content (AvgIpc) is 2.35. The molecule has 1 nitrogen and oxygen atoms in total. The van der Waals surface area contributed by atoms with E-state index in [1.807, 2.05) is 12.1 Å². The van der Waals surface area contributed by atoms with Crippen LogP contribution in [-0.2, 0) is 5.88 Å². The molecule has 17 heavy (non-hydrogen) atoms. The van der Waals surface area contributed by atoms with Gasteiger partial charge in [-0.3, -0.25) is 0 Å². The van der Waals surface area contributed by atoms with Crippen LogP contribution in [0.4, 0.5) is 10.1 Å². The van der Waals surface area contributed by atoms with Gasteiger partial charge in [-0.1, -0.05) is 26.3 Å². The first kappa shape index (κ1) is 14.3. The van der Waals surface area contributed by atoms with Crippen molar-refractivity contribution in [3.63, 3.8) is 0 Å². The number of hydrogen-bond donors (Lipinski definition) is 0. The third-order valence-corrected chi connectivity index (χ3v) is 3.43. The largest absolute Gasteiger partial charge is 0.369 e. The monoisotopic (exact) mass is 257 g/mol. The summed E-state index contributed by atoms with van der Waals surface area (Å²) in [6.45, 7) is 8.11. The van der Waals surface area contributed by atoms with E-state index in [2.05, 4.69) is 25.7 Å². The van der Waals surface area contributed by atoms with Gasteiger partial charge in [0.1, 0.15) is 5.82 Å². The third kappa shape index (κ3) is 3.88. The molecule has 0 heterocycles. The Balaban J connectivity index is 2.88. The summed E-state index contributed by atoms with van der Waals surface area (Å²) in [4.78, 5) is 2.08. The van der Waals surface area contributed by atoms with Crippen molar-refractivity contribution >= 4 is 17.3 Å². The normalized spacial score (nSPS) is 12.5. The van der Waals surface area contributed by atoms with Crippen LogP contribution < -0.4 is 4.90 Å². The fourth-order valence-corrected chi connectivity index (χ4v) is 1.96. The minimum atomic E-state index is -0.173. The van der Waals surface area contributed by atoms with E-state index >= 15 is 0 Å². The standard InChI is InChI=1S/C14H21ClFN/c1-4-11(3)10-17(5-2)14-7-6-12(9-15)8-13(14)16/h6-8,11H,4-5,9-10H2,1-3H3. The molecule has 0 saturated heterocycles. The Bertz CT molecular complexity index is 354. The Kier molecular flexibility index (Phi) is 5.76. The molecule has 3 heteroatoms. The summed E-state index contributed by atoms with van der Waals surface area (Å²) < 4.78 is 13.9. The highest BCUT2D eigenvalue weighted by Gasteiger charge is 2.12. The molecule has 0 N–H and O–H groups in total. The maximum atomic E-state index is 13.9. The van der Waals surface area contributed by atoms with Crippen molar-refractivity contribution in [2.24, 2.45) is 5.92 Å². The van der Waals surface area contributed by atoms with E-state index in [-0.39, 0.29) is 5.82 Å². The maximum absolute atomic E-state index is 13.9. The molecule has 1 rings (SSSR count). The van der Waals surface area contributed by atoms with Gasteiger partial charge in [0.25, 0.3) is 0 Å². The van der Waals surface area contributed by atoms with Gasteiger partial charge < -0.3 is 4.90 Å². The van der Waals surface area contributed by atoms with Crippen molar-refractivity contribution < 1.29 is 4.39 Å². The second kappa shape index (κ2) is 6.85. The number of benzene rings is 1. The quantitative estimate of drug-likeness (QED) is 0.681. The molecular weight excluding hydrogens is 237 g/mol. The summed E-state index contributed by atoms with van der Waals surface area (Å²) in [5, 5.41) is 0. The Labute approximate surface area is 109 Å². The lowest BCUT2D eigenvalue weighted by molar-refractivity contribution is 0.538. The molecule has 0 aliphatic heterocycles. The zero-order chi connectivity index (χ0) is 12.8. The van der Waals surface area contributed by atoms with E-state index in [4.69, 9.17) is 11.6 Å². The molecule has 0 radical (unpaired) electrons. The van der Waals surface area contributed by atoms with E-state index in [9.17, 15) is 4.39 Å². The molecule has 0 spiro atoms. The number of rotatable bonds is 6. The van der Waals surface area contributed by atoms with Crippen LogP contribution >= 0.6 is 11.6 Å². The highest BCUT2D eigenvalue weighted by Crippen LogP contribution is 2.22. The number of halogens is 2. The Hall–Kier alpha value is -0.760. The molecule has 0 aliphatic carbocycles. The van der Waals surface area contributed by atoms with Crippen LogP contribution in [0.5, 0.6) is 0 Å². The first-order chi connectivity index (χ1) is 8.12. The lowest BCUT2D eigenvalue weighted by atomic mass is 10.1. The summed E-state index contributed by atoms with van der Waals surface area (Å²) in [6.07, 6.45) is 1.11. The Morgan fingerprint density at radius 3 is 2.53 bits per heavy atom. The van der Waals surface area contributed by atoms with Gasteiger partial charge in [-0.05, 0) is 30.5 Å². The van der Waals surface area contributed by atoms with Gasteiger partial charge in [0, 0.05) is 19.0 Å². The fourth-order valence-electron chi connectivity index (χ4n) is 1.79. The van der Waals surface area contributed by atoms with Gasteiger partial charge in [-0.2, -0.15) is 0 Å². The van der Waals surface area contributed by atoms with Crippen LogP contribution in [0.15, 0.2) is 18.2 Å². The van der Waals surface area contributed by atoms with Crippen LogP contribution in [0, 0.1) is 11.7 Å². The first-order valence-electron chi connectivity index (χ1n) is 6.21. The zero-order valence-electron chi connectivity index (χ0n) is 10.8. The fraction of sp³-hybridized carbons (Fsp3) is 0.571. The predicted octanol–water partition coefficient (Wildman–Crippen LogP) is 4.44. The lowest BCUT2D eigenvalue weighted by Crippen LogP contribution is -2.28. The topological polar surface area (TPSA) is 3.24 Å². The van der Waals surface area contributed by atoms with Crippen LogP contribution in [0.25, 0.3) is 0 Å². The van der Waals surface area contributed by atoms with Gasteiger partial charge in [-0.15, -0.1) is 11.6 Å². The molecule has 0 bridgehead atoms. The summed E-state index contributed by atoms with van der Waals surface area (Å²) in [5.74, 6) is 0.754. The highest BCUT2D eigenvalue weighted by atomic mass is 35.5. The van der Waals surface area contributed by atoms with Gasteiger partial charge in [0.15, 0.2) is 0 Å². The van der Waals surface area contributed by atoms with Crippen molar-refractivity contribution in [1.29, 1.82) is 0 Å². The minimum Gasteiger partial charge on any atom is -0.369 e. The molecule has 1 unspecified atom stereocenters. The molecule has 1 atom stereocenters. The number of anilines is 1. The average molecular weight is 258 g/mol. The Morgan fingerprint density at radius 2 is 2.06 bits per heavy atom.